The number of rotatable bonds is 11. The van der Waals surface area contributed by atoms with Crippen molar-refractivity contribution in [1.82, 2.24) is 21.1 Å². The fourth-order valence-corrected chi connectivity index (χ4v) is 3.31. The highest BCUT2D eigenvalue weighted by atomic mass is 16.2. The summed E-state index contributed by atoms with van der Waals surface area (Å²) >= 11 is 0. The van der Waals surface area contributed by atoms with Crippen molar-refractivity contribution in [2.45, 2.75) is 77.9 Å². The van der Waals surface area contributed by atoms with Crippen molar-refractivity contribution in [3.8, 4) is 0 Å². The van der Waals surface area contributed by atoms with Gasteiger partial charge in [0.05, 0.1) is 0 Å². The zero-order chi connectivity index (χ0) is 22.8. The van der Waals surface area contributed by atoms with Crippen molar-refractivity contribution in [3.05, 3.63) is 12.7 Å². The molecule has 1 fully saturated rings. The van der Waals surface area contributed by atoms with Gasteiger partial charge in [-0.05, 0) is 44.4 Å². The highest BCUT2D eigenvalue weighted by Crippen LogP contribution is 2.12. The summed E-state index contributed by atoms with van der Waals surface area (Å²) in [5, 5.41) is 6.79. The van der Waals surface area contributed by atoms with E-state index in [-0.39, 0.29) is 17.7 Å². The molecular formula is C21H37N5O4. The third kappa shape index (κ3) is 8.14. The molecule has 0 aromatic rings. The normalized spacial score (nSPS) is 19.5. The van der Waals surface area contributed by atoms with Crippen LogP contribution in [0.15, 0.2) is 12.7 Å². The van der Waals surface area contributed by atoms with Crippen molar-refractivity contribution >= 4 is 23.6 Å². The molecule has 0 bridgehead atoms. The molecule has 1 rings (SSSR count). The molecule has 0 radical (unpaired) electrons. The average Bonchev–Trinajstić information content (AvgIpc) is 2.69. The van der Waals surface area contributed by atoms with Gasteiger partial charge in [0, 0.05) is 13.0 Å². The largest absolute Gasteiger partial charge is 0.368 e. The highest BCUT2D eigenvalue weighted by molar-refractivity contribution is 5.92. The van der Waals surface area contributed by atoms with Crippen LogP contribution in [0.3, 0.4) is 0 Å². The van der Waals surface area contributed by atoms with Crippen molar-refractivity contribution in [1.29, 1.82) is 0 Å². The Morgan fingerprint density at radius 1 is 1.20 bits per heavy atom. The molecule has 0 aliphatic carbocycles. The predicted octanol–water partition coefficient (Wildman–Crippen LogP) is 0.605. The first-order chi connectivity index (χ1) is 14.1. The molecule has 30 heavy (non-hydrogen) atoms. The number of primary amides is 1. The number of hydrogen-bond donors (Lipinski definition) is 4. The Morgan fingerprint density at radius 2 is 1.87 bits per heavy atom. The van der Waals surface area contributed by atoms with Gasteiger partial charge in [0.2, 0.25) is 17.7 Å². The average molecular weight is 424 g/mol. The van der Waals surface area contributed by atoms with E-state index in [9.17, 15) is 19.2 Å². The standard InChI is InChI=1S/C21H37N5O4/c1-6-8-14(4)10-11-17(27)24-18(13(2)3)20(29)23-15(5)21(30)26-12-7-9-16(25-26)19(22)28/h6,13-16,18,25H,1,7-12H2,2-5H3,(H2,22,28)(H,23,29)(H,24,27). The molecule has 1 aliphatic heterocycles. The molecule has 1 heterocycles. The van der Waals surface area contributed by atoms with E-state index >= 15 is 0 Å². The summed E-state index contributed by atoms with van der Waals surface area (Å²) in [6.45, 7) is 11.4. The smallest absolute Gasteiger partial charge is 0.258 e. The van der Waals surface area contributed by atoms with Crippen molar-refractivity contribution in [2.24, 2.45) is 17.6 Å². The molecule has 1 saturated heterocycles. The summed E-state index contributed by atoms with van der Waals surface area (Å²) in [4.78, 5) is 49.1. The van der Waals surface area contributed by atoms with Crippen molar-refractivity contribution in [2.75, 3.05) is 6.54 Å². The molecule has 170 valence electrons. The molecule has 9 heteroatoms. The van der Waals surface area contributed by atoms with Gasteiger partial charge in [-0.15, -0.1) is 6.58 Å². The molecule has 0 spiro atoms. The lowest BCUT2D eigenvalue weighted by molar-refractivity contribution is -0.142. The molecule has 4 unspecified atom stereocenters. The quantitative estimate of drug-likeness (QED) is 0.361. The molecule has 0 saturated carbocycles. The van der Waals surface area contributed by atoms with Gasteiger partial charge in [0.1, 0.15) is 18.1 Å². The second-order valence-corrected chi connectivity index (χ2v) is 8.40. The molecule has 4 atom stereocenters. The number of nitrogens with one attached hydrogen (secondary N) is 3. The van der Waals surface area contributed by atoms with Gasteiger partial charge in [-0.25, -0.2) is 5.43 Å². The van der Waals surface area contributed by atoms with Gasteiger partial charge in [-0.2, -0.15) is 0 Å². The van der Waals surface area contributed by atoms with Gasteiger partial charge in [0.25, 0.3) is 5.91 Å². The van der Waals surface area contributed by atoms with Crippen LogP contribution in [0.5, 0.6) is 0 Å². The number of hydrazine groups is 1. The molecule has 4 amide bonds. The Labute approximate surface area is 179 Å². The lowest BCUT2D eigenvalue weighted by Gasteiger charge is -2.34. The second-order valence-electron chi connectivity index (χ2n) is 8.40. The molecule has 1 aliphatic rings. The van der Waals surface area contributed by atoms with Crippen LogP contribution >= 0.6 is 0 Å². The van der Waals surface area contributed by atoms with E-state index in [1.54, 1.807) is 6.92 Å². The number of hydrogen-bond acceptors (Lipinski definition) is 5. The third-order valence-corrected chi connectivity index (χ3v) is 5.22. The number of nitrogens with zero attached hydrogens (tertiary/aromatic N) is 1. The molecule has 0 aromatic heterocycles. The fraction of sp³-hybridized carbons (Fsp3) is 0.714. The first-order valence-corrected chi connectivity index (χ1v) is 10.6. The minimum Gasteiger partial charge on any atom is -0.368 e. The van der Waals surface area contributed by atoms with E-state index < -0.39 is 29.9 Å². The second kappa shape index (κ2) is 12.3. The number of nitrogens with two attached hydrogens (primary N) is 1. The Balaban J connectivity index is 2.62. The first-order valence-electron chi connectivity index (χ1n) is 10.6. The minimum absolute atomic E-state index is 0.144. The number of carbonyl (C=O) groups is 4. The topological polar surface area (TPSA) is 134 Å². The van der Waals surface area contributed by atoms with Crippen LogP contribution in [0.2, 0.25) is 0 Å². The van der Waals surface area contributed by atoms with E-state index in [2.05, 4.69) is 22.6 Å². The first kappa shape index (κ1) is 25.6. The van der Waals surface area contributed by atoms with Crippen LogP contribution in [0, 0.1) is 11.8 Å². The molecule has 9 nitrogen and oxygen atoms in total. The summed E-state index contributed by atoms with van der Waals surface area (Å²) < 4.78 is 0. The Hall–Kier alpha value is -2.42. The number of carbonyl (C=O) groups excluding carboxylic acids is 4. The number of amides is 4. The maximum Gasteiger partial charge on any atom is 0.258 e. The molecule has 5 N–H and O–H groups in total. The van der Waals surface area contributed by atoms with Gasteiger partial charge in [-0.3, -0.25) is 24.2 Å². The number of allylic oxidation sites excluding steroid dienone is 1. The van der Waals surface area contributed by atoms with E-state index in [0.29, 0.717) is 38.1 Å². The Bertz CT molecular complexity index is 637. The highest BCUT2D eigenvalue weighted by Gasteiger charge is 2.31. The van der Waals surface area contributed by atoms with Crippen LogP contribution in [-0.2, 0) is 19.2 Å². The van der Waals surface area contributed by atoms with Gasteiger partial charge in [0.15, 0.2) is 0 Å². The van der Waals surface area contributed by atoms with Crippen molar-refractivity contribution < 1.29 is 19.2 Å². The predicted molar refractivity (Wildman–Crippen MR) is 115 cm³/mol. The molecular weight excluding hydrogens is 386 g/mol. The minimum atomic E-state index is -0.817. The van der Waals surface area contributed by atoms with Crippen molar-refractivity contribution in [3.63, 3.8) is 0 Å². The van der Waals surface area contributed by atoms with Crippen LogP contribution in [0.1, 0.15) is 59.8 Å². The summed E-state index contributed by atoms with van der Waals surface area (Å²) in [5.41, 5.74) is 8.12. The van der Waals surface area contributed by atoms with Gasteiger partial charge >= 0.3 is 0 Å². The van der Waals surface area contributed by atoms with Crippen LogP contribution in [-0.4, -0.2) is 53.3 Å². The summed E-state index contributed by atoms with van der Waals surface area (Å²) in [7, 11) is 0. The maximum atomic E-state index is 12.7. The lowest BCUT2D eigenvalue weighted by Crippen LogP contribution is -2.61. The van der Waals surface area contributed by atoms with Crippen LogP contribution < -0.4 is 21.8 Å². The van der Waals surface area contributed by atoms with Crippen LogP contribution in [0.25, 0.3) is 0 Å². The summed E-state index contributed by atoms with van der Waals surface area (Å²) in [6, 6.07) is -2.16. The van der Waals surface area contributed by atoms with E-state index in [0.717, 1.165) is 6.42 Å². The summed E-state index contributed by atoms with van der Waals surface area (Å²) in [5.74, 6) is -1.29. The van der Waals surface area contributed by atoms with E-state index in [1.165, 1.54) is 5.01 Å². The van der Waals surface area contributed by atoms with E-state index in [1.807, 2.05) is 26.8 Å². The monoisotopic (exact) mass is 423 g/mol. The molecule has 0 aromatic carbocycles. The third-order valence-electron chi connectivity index (χ3n) is 5.22. The van der Waals surface area contributed by atoms with Crippen LogP contribution in [0.4, 0.5) is 0 Å². The van der Waals surface area contributed by atoms with E-state index in [4.69, 9.17) is 5.73 Å². The van der Waals surface area contributed by atoms with Gasteiger partial charge < -0.3 is 16.4 Å². The zero-order valence-electron chi connectivity index (χ0n) is 18.6. The summed E-state index contributed by atoms with van der Waals surface area (Å²) in [6.07, 6.45) is 4.90. The Morgan fingerprint density at radius 3 is 2.43 bits per heavy atom. The maximum absolute atomic E-state index is 12.7. The lowest BCUT2D eigenvalue weighted by atomic mass is 10.00. The zero-order valence-corrected chi connectivity index (χ0v) is 18.6. The Kier molecular flexibility index (Phi) is 10.5. The fourth-order valence-electron chi connectivity index (χ4n) is 3.31. The van der Waals surface area contributed by atoms with Gasteiger partial charge in [-0.1, -0.05) is 26.8 Å². The SMILES string of the molecule is C=CCC(C)CCC(=O)NC(C(=O)NC(C)C(=O)N1CCCC(C(N)=O)N1)C(C)C.